The van der Waals surface area contributed by atoms with Gasteiger partial charge in [-0.15, -0.1) is 0 Å². The van der Waals surface area contributed by atoms with E-state index in [0.717, 1.165) is 6.42 Å². The summed E-state index contributed by atoms with van der Waals surface area (Å²) in [5.74, 6) is -0.0239. The molecule has 0 aromatic heterocycles. The van der Waals surface area contributed by atoms with Crippen LogP contribution < -0.4 is 5.73 Å². The molecule has 21 heavy (non-hydrogen) atoms. The molecule has 0 aromatic carbocycles. The van der Waals surface area contributed by atoms with E-state index in [1.807, 2.05) is 6.92 Å². The van der Waals surface area contributed by atoms with Crippen molar-refractivity contribution in [2.45, 2.75) is 46.1 Å². The van der Waals surface area contributed by atoms with Gasteiger partial charge >= 0.3 is 0 Å². The maximum absolute atomic E-state index is 12.9. The molecule has 7 heteroatoms. The Morgan fingerprint density at radius 1 is 1.05 bits per heavy atom. The molecule has 0 radical (unpaired) electrons. The van der Waals surface area contributed by atoms with Crippen LogP contribution in [0.5, 0.6) is 0 Å². The molecule has 2 heterocycles. The van der Waals surface area contributed by atoms with E-state index in [2.05, 4.69) is 13.8 Å². The zero-order chi connectivity index (χ0) is 15.8. The summed E-state index contributed by atoms with van der Waals surface area (Å²) in [5.41, 5.74) is 5.37. The monoisotopic (exact) mass is 317 g/mol. The van der Waals surface area contributed by atoms with E-state index in [1.165, 1.54) is 4.31 Å². The highest BCUT2D eigenvalue weighted by Crippen LogP contribution is 2.29. The van der Waals surface area contributed by atoms with Crippen LogP contribution in [0.2, 0.25) is 0 Å². The van der Waals surface area contributed by atoms with Crippen molar-refractivity contribution >= 4 is 16.1 Å². The van der Waals surface area contributed by atoms with Crippen LogP contribution in [-0.2, 0) is 15.0 Å². The zero-order valence-electron chi connectivity index (χ0n) is 13.2. The number of primary amides is 1. The predicted molar refractivity (Wildman–Crippen MR) is 81.5 cm³/mol. The molecule has 0 spiro atoms. The summed E-state index contributed by atoms with van der Waals surface area (Å²) in [5, 5.41) is 0. The van der Waals surface area contributed by atoms with Crippen molar-refractivity contribution in [3.8, 4) is 0 Å². The minimum Gasteiger partial charge on any atom is -0.369 e. The number of piperidine rings is 2. The molecule has 2 aliphatic heterocycles. The third-order valence-electron chi connectivity index (χ3n) is 4.69. The third-order valence-corrected chi connectivity index (χ3v) is 6.74. The molecular weight excluding hydrogens is 290 g/mol. The molecule has 4 atom stereocenters. The second-order valence-corrected chi connectivity index (χ2v) is 8.75. The van der Waals surface area contributed by atoms with Crippen LogP contribution in [0.25, 0.3) is 0 Å². The van der Waals surface area contributed by atoms with Crippen LogP contribution in [0, 0.1) is 17.8 Å². The van der Waals surface area contributed by atoms with Crippen molar-refractivity contribution in [3.05, 3.63) is 0 Å². The fraction of sp³-hybridized carbons (Fsp3) is 0.929. The molecular formula is C14H27N3O3S. The first kappa shape index (κ1) is 16.7. The van der Waals surface area contributed by atoms with Crippen LogP contribution in [0.4, 0.5) is 0 Å². The van der Waals surface area contributed by atoms with Gasteiger partial charge in [-0.1, -0.05) is 13.8 Å². The first-order valence-electron chi connectivity index (χ1n) is 7.78. The topological polar surface area (TPSA) is 83.7 Å². The van der Waals surface area contributed by atoms with Crippen LogP contribution in [0.15, 0.2) is 0 Å². The number of hydrogen-bond donors (Lipinski definition) is 1. The molecule has 2 fully saturated rings. The molecule has 2 N–H and O–H groups in total. The van der Waals surface area contributed by atoms with Gasteiger partial charge in [0.1, 0.15) is 0 Å². The van der Waals surface area contributed by atoms with Gasteiger partial charge in [-0.25, -0.2) is 0 Å². The Balaban J connectivity index is 2.18. The summed E-state index contributed by atoms with van der Waals surface area (Å²) in [6.07, 6.45) is 2.42. The van der Waals surface area contributed by atoms with E-state index >= 15 is 0 Å². The molecule has 0 aliphatic carbocycles. The fourth-order valence-corrected chi connectivity index (χ4v) is 5.68. The Bertz CT molecular complexity index is 484. The van der Waals surface area contributed by atoms with Gasteiger partial charge in [0.25, 0.3) is 10.2 Å². The lowest BCUT2D eigenvalue weighted by Gasteiger charge is -2.42. The average molecular weight is 317 g/mol. The highest BCUT2D eigenvalue weighted by Gasteiger charge is 2.40. The molecule has 4 unspecified atom stereocenters. The van der Waals surface area contributed by atoms with Gasteiger partial charge in [-0.2, -0.15) is 17.0 Å². The van der Waals surface area contributed by atoms with Crippen LogP contribution >= 0.6 is 0 Å². The van der Waals surface area contributed by atoms with E-state index in [4.69, 9.17) is 5.73 Å². The Morgan fingerprint density at radius 3 is 2.14 bits per heavy atom. The van der Waals surface area contributed by atoms with Gasteiger partial charge in [0.05, 0.1) is 5.92 Å². The Morgan fingerprint density at radius 2 is 1.62 bits per heavy atom. The Labute approximate surface area is 127 Å². The van der Waals surface area contributed by atoms with Gasteiger partial charge in [0, 0.05) is 25.7 Å². The highest BCUT2D eigenvalue weighted by atomic mass is 32.2. The predicted octanol–water partition coefficient (Wildman–Crippen LogP) is 0.795. The van der Waals surface area contributed by atoms with E-state index in [9.17, 15) is 13.2 Å². The lowest BCUT2D eigenvalue weighted by molar-refractivity contribution is -0.123. The van der Waals surface area contributed by atoms with E-state index in [0.29, 0.717) is 37.8 Å². The first-order chi connectivity index (χ1) is 9.71. The lowest BCUT2D eigenvalue weighted by Crippen LogP contribution is -2.55. The minimum atomic E-state index is -3.51. The minimum absolute atomic E-state index is 0.0712. The van der Waals surface area contributed by atoms with Crippen molar-refractivity contribution in [1.82, 2.24) is 8.61 Å². The van der Waals surface area contributed by atoms with Crippen molar-refractivity contribution in [3.63, 3.8) is 0 Å². The summed E-state index contributed by atoms with van der Waals surface area (Å²) in [6, 6.07) is -0.0712. The molecule has 0 aromatic rings. The summed E-state index contributed by atoms with van der Waals surface area (Å²) in [4.78, 5) is 11.4. The van der Waals surface area contributed by atoms with Gasteiger partial charge < -0.3 is 5.73 Å². The largest absolute Gasteiger partial charge is 0.369 e. The SMILES string of the molecule is CC1CC(C)CN(S(=O)(=O)N2CC(C(N)=O)CCC2C)C1. The summed E-state index contributed by atoms with van der Waals surface area (Å²) in [6.45, 7) is 7.44. The smallest absolute Gasteiger partial charge is 0.282 e. The number of carbonyl (C=O) groups is 1. The second-order valence-electron chi connectivity index (χ2n) is 6.87. The fourth-order valence-electron chi connectivity index (χ4n) is 3.57. The van der Waals surface area contributed by atoms with Crippen LogP contribution in [0.3, 0.4) is 0 Å². The summed E-state index contributed by atoms with van der Waals surface area (Å²) >= 11 is 0. The quantitative estimate of drug-likeness (QED) is 0.835. The second kappa shape index (κ2) is 6.22. The molecule has 122 valence electrons. The molecule has 0 saturated carbocycles. The first-order valence-corrected chi connectivity index (χ1v) is 9.17. The molecule has 2 rings (SSSR count). The third kappa shape index (κ3) is 3.57. The standard InChI is InChI=1S/C14H27N3O3S/c1-10-6-11(2)8-16(7-10)21(19,20)17-9-13(14(15)18)5-4-12(17)3/h10-13H,4-9H2,1-3H3,(H2,15,18). The number of nitrogens with two attached hydrogens (primary N) is 1. The molecule has 2 saturated heterocycles. The maximum atomic E-state index is 12.9. The summed E-state index contributed by atoms with van der Waals surface area (Å²) < 4.78 is 28.9. The number of carbonyl (C=O) groups excluding carboxylic acids is 1. The normalized spacial score (nSPS) is 36.5. The van der Waals surface area contributed by atoms with Gasteiger partial charge in [-0.05, 0) is 38.0 Å². The number of nitrogens with zero attached hydrogens (tertiary/aromatic N) is 2. The van der Waals surface area contributed by atoms with Gasteiger partial charge in [-0.3, -0.25) is 4.79 Å². The number of hydrogen-bond acceptors (Lipinski definition) is 3. The molecule has 6 nitrogen and oxygen atoms in total. The number of rotatable bonds is 3. The highest BCUT2D eigenvalue weighted by molar-refractivity contribution is 7.86. The molecule has 2 aliphatic rings. The summed E-state index contributed by atoms with van der Waals surface area (Å²) in [7, 11) is -3.51. The zero-order valence-corrected chi connectivity index (χ0v) is 14.0. The Kier molecular flexibility index (Phi) is 4.95. The maximum Gasteiger partial charge on any atom is 0.282 e. The number of amides is 1. The van der Waals surface area contributed by atoms with Gasteiger partial charge in [0.2, 0.25) is 5.91 Å². The van der Waals surface area contributed by atoms with E-state index < -0.39 is 16.1 Å². The Hall–Kier alpha value is -0.660. The molecule has 1 amide bonds. The lowest BCUT2D eigenvalue weighted by atomic mass is 9.94. The van der Waals surface area contributed by atoms with Crippen molar-refractivity contribution < 1.29 is 13.2 Å². The average Bonchev–Trinajstić information content (AvgIpc) is 2.37. The van der Waals surface area contributed by atoms with Crippen LogP contribution in [-0.4, -0.2) is 48.6 Å². The van der Waals surface area contributed by atoms with Crippen molar-refractivity contribution in [2.24, 2.45) is 23.5 Å². The molecule has 0 bridgehead atoms. The van der Waals surface area contributed by atoms with Crippen molar-refractivity contribution in [1.29, 1.82) is 0 Å². The van der Waals surface area contributed by atoms with Gasteiger partial charge in [0.15, 0.2) is 0 Å². The van der Waals surface area contributed by atoms with Crippen LogP contribution in [0.1, 0.15) is 40.0 Å². The van der Waals surface area contributed by atoms with E-state index in [-0.39, 0.29) is 18.5 Å². The van der Waals surface area contributed by atoms with Crippen molar-refractivity contribution in [2.75, 3.05) is 19.6 Å². The van der Waals surface area contributed by atoms with E-state index in [1.54, 1.807) is 4.31 Å².